The molecule has 0 aromatic heterocycles. The van der Waals surface area contributed by atoms with Crippen LogP contribution in [0.2, 0.25) is 0 Å². The lowest BCUT2D eigenvalue weighted by Crippen LogP contribution is -2.49. The summed E-state index contributed by atoms with van der Waals surface area (Å²) in [4.78, 5) is 24.6. The van der Waals surface area contributed by atoms with Crippen LogP contribution in [0.5, 0.6) is 5.75 Å². The summed E-state index contributed by atoms with van der Waals surface area (Å²) in [5, 5.41) is 2.74. The summed E-state index contributed by atoms with van der Waals surface area (Å²) in [6.07, 6.45) is -0.170. The Morgan fingerprint density at radius 1 is 1.43 bits per heavy atom. The first-order chi connectivity index (χ1) is 10.0. The van der Waals surface area contributed by atoms with Crippen molar-refractivity contribution in [2.75, 3.05) is 33.4 Å². The van der Waals surface area contributed by atoms with Crippen molar-refractivity contribution in [2.24, 2.45) is 0 Å². The second-order valence-corrected chi connectivity index (χ2v) is 5.11. The maximum Gasteiger partial charge on any atom is 0.258 e. The molecule has 0 spiro atoms. The molecule has 1 fully saturated rings. The highest BCUT2D eigenvalue weighted by molar-refractivity contribution is 5.78. The van der Waals surface area contributed by atoms with Crippen molar-refractivity contribution in [2.45, 2.75) is 13.0 Å². The highest BCUT2D eigenvalue weighted by Crippen LogP contribution is 2.11. The van der Waals surface area contributed by atoms with Gasteiger partial charge in [0.1, 0.15) is 12.4 Å². The van der Waals surface area contributed by atoms with E-state index in [4.69, 9.17) is 9.47 Å². The molecule has 0 radical (unpaired) electrons. The van der Waals surface area contributed by atoms with Gasteiger partial charge in [0.25, 0.3) is 5.91 Å². The minimum atomic E-state index is -0.210. The predicted octanol–water partition coefficient (Wildman–Crippen LogP) is 0.347. The lowest BCUT2D eigenvalue weighted by molar-refractivity contribution is -0.146. The van der Waals surface area contributed by atoms with Crippen molar-refractivity contribution in [3.8, 4) is 5.75 Å². The second kappa shape index (κ2) is 7.08. The SMILES string of the molecule is Cc1ccc(OCC(=O)NCC2CN(C)C(=O)CO2)cc1. The fourth-order valence-corrected chi connectivity index (χ4v) is 1.94. The van der Waals surface area contributed by atoms with Crippen LogP contribution in [0.15, 0.2) is 24.3 Å². The molecule has 114 valence electrons. The molecular formula is C15H20N2O4. The summed E-state index contributed by atoms with van der Waals surface area (Å²) in [6.45, 7) is 2.87. The summed E-state index contributed by atoms with van der Waals surface area (Å²) in [5.41, 5.74) is 1.14. The zero-order valence-corrected chi connectivity index (χ0v) is 12.3. The molecule has 1 saturated heterocycles. The van der Waals surface area contributed by atoms with Gasteiger partial charge in [-0.05, 0) is 19.1 Å². The third-order valence-electron chi connectivity index (χ3n) is 3.26. The third kappa shape index (κ3) is 4.75. The summed E-state index contributed by atoms with van der Waals surface area (Å²) in [7, 11) is 1.72. The highest BCUT2D eigenvalue weighted by Gasteiger charge is 2.23. The van der Waals surface area contributed by atoms with Crippen LogP contribution in [0.3, 0.4) is 0 Å². The molecule has 1 aromatic carbocycles. The number of rotatable bonds is 5. The Morgan fingerprint density at radius 2 is 2.14 bits per heavy atom. The van der Waals surface area contributed by atoms with Gasteiger partial charge in [-0.3, -0.25) is 9.59 Å². The van der Waals surface area contributed by atoms with E-state index in [1.165, 1.54) is 0 Å². The number of morpholine rings is 1. The van der Waals surface area contributed by atoms with Crippen LogP contribution in [0.4, 0.5) is 0 Å². The van der Waals surface area contributed by atoms with Crippen molar-refractivity contribution in [1.29, 1.82) is 0 Å². The lowest BCUT2D eigenvalue weighted by atomic mass is 10.2. The van der Waals surface area contributed by atoms with E-state index in [0.717, 1.165) is 5.56 Å². The lowest BCUT2D eigenvalue weighted by Gasteiger charge is -2.29. The number of ether oxygens (including phenoxy) is 2. The zero-order chi connectivity index (χ0) is 15.2. The van der Waals surface area contributed by atoms with Gasteiger partial charge < -0.3 is 19.7 Å². The molecule has 0 saturated carbocycles. The molecule has 1 unspecified atom stereocenters. The van der Waals surface area contributed by atoms with Crippen LogP contribution in [-0.2, 0) is 14.3 Å². The van der Waals surface area contributed by atoms with Crippen LogP contribution in [0.25, 0.3) is 0 Å². The largest absolute Gasteiger partial charge is 0.484 e. The zero-order valence-electron chi connectivity index (χ0n) is 12.3. The summed E-state index contributed by atoms with van der Waals surface area (Å²) < 4.78 is 10.7. The monoisotopic (exact) mass is 292 g/mol. The number of hydrogen-bond acceptors (Lipinski definition) is 4. The fourth-order valence-electron chi connectivity index (χ4n) is 1.94. The van der Waals surface area contributed by atoms with Gasteiger partial charge in [0.2, 0.25) is 5.91 Å². The van der Waals surface area contributed by atoms with E-state index in [-0.39, 0.29) is 31.1 Å². The molecule has 2 amide bonds. The number of hydrogen-bond donors (Lipinski definition) is 1. The van der Waals surface area contributed by atoms with E-state index >= 15 is 0 Å². The van der Waals surface area contributed by atoms with E-state index in [1.54, 1.807) is 11.9 Å². The Balaban J connectivity index is 1.68. The number of likely N-dealkylation sites (N-methyl/N-ethyl adjacent to an activating group) is 1. The molecule has 0 aliphatic carbocycles. The summed E-state index contributed by atoms with van der Waals surface area (Å²) >= 11 is 0. The van der Waals surface area contributed by atoms with Crippen LogP contribution < -0.4 is 10.1 Å². The number of benzene rings is 1. The average molecular weight is 292 g/mol. The Kier molecular flexibility index (Phi) is 5.16. The first-order valence-corrected chi connectivity index (χ1v) is 6.86. The van der Waals surface area contributed by atoms with E-state index < -0.39 is 0 Å². The number of aryl methyl sites for hydroxylation is 1. The van der Waals surface area contributed by atoms with Gasteiger partial charge in [0.05, 0.1) is 6.10 Å². The van der Waals surface area contributed by atoms with Crippen LogP contribution in [0.1, 0.15) is 5.56 Å². The van der Waals surface area contributed by atoms with Crippen molar-refractivity contribution in [1.82, 2.24) is 10.2 Å². The molecule has 6 nitrogen and oxygen atoms in total. The maximum absolute atomic E-state index is 11.7. The number of nitrogens with zero attached hydrogens (tertiary/aromatic N) is 1. The fraction of sp³-hybridized carbons (Fsp3) is 0.467. The van der Waals surface area contributed by atoms with Crippen LogP contribution in [0, 0.1) is 6.92 Å². The van der Waals surface area contributed by atoms with Crippen molar-refractivity contribution < 1.29 is 19.1 Å². The van der Waals surface area contributed by atoms with Crippen molar-refractivity contribution in [3.05, 3.63) is 29.8 Å². The summed E-state index contributed by atoms with van der Waals surface area (Å²) in [5.74, 6) is 0.411. The van der Waals surface area contributed by atoms with Crippen LogP contribution >= 0.6 is 0 Å². The molecule has 0 bridgehead atoms. The molecule has 1 aromatic rings. The van der Waals surface area contributed by atoms with E-state index in [2.05, 4.69) is 5.32 Å². The molecule has 1 aliphatic rings. The van der Waals surface area contributed by atoms with Gasteiger partial charge in [-0.15, -0.1) is 0 Å². The standard InChI is InChI=1S/C15H20N2O4/c1-11-3-5-12(6-4-11)20-9-14(18)16-7-13-8-17(2)15(19)10-21-13/h3-6,13H,7-10H2,1-2H3,(H,16,18). The number of amides is 2. The van der Waals surface area contributed by atoms with E-state index in [0.29, 0.717) is 18.8 Å². The minimum absolute atomic E-state index is 0.0372. The molecular weight excluding hydrogens is 272 g/mol. The third-order valence-corrected chi connectivity index (χ3v) is 3.26. The molecule has 21 heavy (non-hydrogen) atoms. The Hall–Kier alpha value is -2.08. The molecule has 2 rings (SSSR count). The summed E-state index contributed by atoms with van der Waals surface area (Å²) in [6, 6.07) is 7.51. The van der Waals surface area contributed by atoms with Gasteiger partial charge >= 0.3 is 0 Å². The number of carbonyl (C=O) groups excluding carboxylic acids is 2. The Labute approximate surface area is 124 Å². The highest BCUT2D eigenvalue weighted by atomic mass is 16.5. The molecule has 1 heterocycles. The Morgan fingerprint density at radius 3 is 2.81 bits per heavy atom. The topological polar surface area (TPSA) is 67.9 Å². The van der Waals surface area contributed by atoms with Crippen molar-refractivity contribution in [3.63, 3.8) is 0 Å². The first-order valence-electron chi connectivity index (χ1n) is 6.86. The van der Waals surface area contributed by atoms with E-state index in [1.807, 2.05) is 31.2 Å². The molecule has 1 atom stereocenters. The average Bonchev–Trinajstić information content (AvgIpc) is 2.48. The van der Waals surface area contributed by atoms with Crippen LogP contribution in [-0.4, -0.2) is 56.2 Å². The second-order valence-electron chi connectivity index (χ2n) is 5.11. The smallest absolute Gasteiger partial charge is 0.258 e. The maximum atomic E-state index is 11.7. The molecule has 1 aliphatic heterocycles. The number of carbonyl (C=O) groups is 2. The first kappa shape index (κ1) is 15.3. The van der Waals surface area contributed by atoms with Gasteiger partial charge in [0.15, 0.2) is 6.61 Å². The quantitative estimate of drug-likeness (QED) is 0.850. The molecule has 6 heteroatoms. The van der Waals surface area contributed by atoms with Gasteiger partial charge in [-0.1, -0.05) is 17.7 Å². The van der Waals surface area contributed by atoms with E-state index in [9.17, 15) is 9.59 Å². The Bertz CT molecular complexity index is 501. The molecule has 1 N–H and O–H groups in total. The van der Waals surface area contributed by atoms with Crippen molar-refractivity contribution >= 4 is 11.8 Å². The van der Waals surface area contributed by atoms with Gasteiger partial charge in [-0.25, -0.2) is 0 Å². The normalized spacial score (nSPS) is 18.5. The number of nitrogens with one attached hydrogen (secondary N) is 1. The van der Waals surface area contributed by atoms with Gasteiger partial charge in [-0.2, -0.15) is 0 Å². The predicted molar refractivity (Wildman–Crippen MR) is 77.1 cm³/mol. The van der Waals surface area contributed by atoms with Gasteiger partial charge in [0, 0.05) is 20.1 Å². The minimum Gasteiger partial charge on any atom is -0.484 e.